The Morgan fingerprint density at radius 2 is 1.42 bits per heavy atom. The van der Waals surface area contributed by atoms with Gasteiger partial charge in [-0.1, -0.05) is 57.6 Å². The Balaban J connectivity index is 2.95. The third-order valence-electron chi connectivity index (χ3n) is 2.95. The summed E-state index contributed by atoms with van der Waals surface area (Å²) in [6, 6.07) is 0. The van der Waals surface area contributed by atoms with Crippen LogP contribution in [0.2, 0.25) is 0 Å². The quantitative estimate of drug-likeness (QED) is 0.277. The standard InChI is InChI=1S/C16H32O3/c1-2-3-4-5-6-8-11-14-18-16-19-15-12-9-7-10-13-17/h7,9,17H,2-6,8,10-16H2,1H3. The molecule has 3 nitrogen and oxygen atoms in total. The molecule has 0 radical (unpaired) electrons. The van der Waals surface area contributed by atoms with E-state index in [1.165, 1.54) is 38.5 Å². The van der Waals surface area contributed by atoms with Crippen LogP contribution in [0.15, 0.2) is 12.2 Å². The van der Waals surface area contributed by atoms with Crippen LogP contribution in [0.3, 0.4) is 0 Å². The molecule has 0 aromatic carbocycles. The first kappa shape index (κ1) is 18.6. The highest BCUT2D eigenvalue weighted by Crippen LogP contribution is 2.06. The smallest absolute Gasteiger partial charge is 0.146 e. The van der Waals surface area contributed by atoms with Crippen LogP contribution in [-0.2, 0) is 9.47 Å². The number of ether oxygens (including phenoxy) is 2. The van der Waals surface area contributed by atoms with Gasteiger partial charge in [0.05, 0.1) is 6.61 Å². The molecule has 0 aliphatic rings. The zero-order valence-corrected chi connectivity index (χ0v) is 12.6. The molecule has 0 fully saturated rings. The summed E-state index contributed by atoms with van der Waals surface area (Å²) in [5, 5.41) is 8.57. The van der Waals surface area contributed by atoms with Gasteiger partial charge in [0.2, 0.25) is 0 Å². The van der Waals surface area contributed by atoms with Crippen molar-refractivity contribution in [1.29, 1.82) is 0 Å². The van der Waals surface area contributed by atoms with Crippen molar-refractivity contribution < 1.29 is 14.6 Å². The van der Waals surface area contributed by atoms with Crippen molar-refractivity contribution in [2.24, 2.45) is 0 Å². The zero-order chi connectivity index (χ0) is 14.0. The third-order valence-corrected chi connectivity index (χ3v) is 2.95. The van der Waals surface area contributed by atoms with Crippen LogP contribution >= 0.6 is 0 Å². The van der Waals surface area contributed by atoms with E-state index in [2.05, 4.69) is 6.92 Å². The Hall–Kier alpha value is -0.380. The van der Waals surface area contributed by atoms with Crippen LogP contribution in [0.5, 0.6) is 0 Å². The maximum Gasteiger partial charge on any atom is 0.146 e. The van der Waals surface area contributed by atoms with Gasteiger partial charge in [-0.15, -0.1) is 0 Å². The lowest BCUT2D eigenvalue weighted by Gasteiger charge is -2.05. The Morgan fingerprint density at radius 3 is 2.16 bits per heavy atom. The summed E-state index contributed by atoms with van der Waals surface area (Å²) < 4.78 is 10.7. The summed E-state index contributed by atoms with van der Waals surface area (Å²) in [5.74, 6) is 0. The largest absolute Gasteiger partial charge is 0.396 e. The van der Waals surface area contributed by atoms with Crippen LogP contribution in [0.25, 0.3) is 0 Å². The van der Waals surface area contributed by atoms with Crippen LogP contribution in [0, 0.1) is 0 Å². The summed E-state index contributed by atoms with van der Waals surface area (Å²) in [7, 11) is 0. The fraction of sp³-hybridized carbons (Fsp3) is 0.875. The van der Waals surface area contributed by atoms with Gasteiger partial charge in [-0.2, -0.15) is 0 Å². The molecule has 0 spiro atoms. The number of aliphatic hydroxyl groups is 1. The highest BCUT2D eigenvalue weighted by molar-refractivity contribution is 4.80. The minimum atomic E-state index is 0.221. The second kappa shape index (κ2) is 17.6. The average Bonchev–Trinajstić information content (AvgIpc) is 2.43. The predicted molar refractivity (Wildman–Crippen MR) is 80.2 cm³/mol. The molecule has 0 saturated carbocycles. The summed E-state index contributed by atoms with van der Waals surface area (Å²) in [4.78, 5) is 0. The lowest BCUT2D eigenvalue weighted by atomic mass is 10.1. The Morgan fingerprint density at radius 1 is 0.789 bits per heavy atom. The molecule has 0 aromatic heterocycles. The summed E-state index contributed by atoms with van der Waals surface area (Å²) in [6.07, 6.45) is 14.8. The molecule has 0 heterocycles. The molecule has 0 aliphatic heterocycles. The van der Waals surface area contributed by atoms with E-state index in [1.54, 1.807) is 0 Å². The normalized spacial score (nSPS) is 11.5. The number of hydrogen-bond acceptors (Lipinski definition) is 3. The van der Waals surface area contributed by atoms with Crippen LogP contribution in [0.1, 0.15) is 64.7 Å². The van der Waals surface area contributed by atoms with Gasteiger partial charge >= 0.3 is 0 Å². The van der Waals surface area contributed by atoms with Crippen molar-refractivity contribution in [2.75, 3.05) is 26.6 Å². The van der Waals surface area contributed by atoms with E-state index < -0.39 is 0 Å². The SMILES string of the molecule is CCCCCCCCCOCOCCC=CCCO. The number of aliphatic hydroxyl groups excluding tert-OH is 1. The lowest BCUT2D eigenvalue weighted by molar-refractivity contribution is -0.0531. The molecule has 0 rings (SSSR count). The Bertz CT molecular complexity index is 181. The van der Waals surface area contributed by atoms with E-state index in [4.69, 9.17) is 14.6 Å². The molecule has 1 N–H and O–H groups in total. The van der Waals surface area contributed by atoms with Gasteiger partial charge in [0.15, 0.2) is 0 Å². The lowest BCUT2D eigenvalue weighted by Crippen LogP contribution is -2.02. The topological polar surface area (TPSA) is 38.7 Å². The van der Waals surface area contributed by atoms with Gasteiger partial charge in [-0.05, 0) is 19.3 Å². The molecule has 0 atom stereocenters. The van der Waals surface area contributed by atoms with Crippen LogP contribution < -0.4 is 0 Å². The van der Waals surface area contributed by atoms with Crippen molar-refractivity contribution in [3.05, 3.63) is 12.2 Å². The number of rotatable bonds is 15. The second-order valence-corrected chi connectivity index (χ2v) is 4.83. The predicted octanol–water partition coefficient (Wildman–Crippen LogP) is 4.06. The molecule has 0 unspecified atom stereocenters. The maximum atomic E-state index is 8.57. The van der Waals surface area contributed by atoms with Crippen molar-refractivity contribution in [1.82, 2.24) is 0 Å². The van der Waals surface area contributed by atoms with Gasteiger partial charge in [0, 0.05) is 13.2 Å². The zero-order valence-electron chi connectivity index (χ0n) is 12.6. The molecular weight excluding hydrogens is 240 g/mol. The van der Waals surface area contributed by atoms with E-state index in [1.807, 2.05) is 12.2 Å². The van der Waals surface area contributed by atoms with E-state index >= 15 is 0 Å². The van der Waals surface area contributed by atoms with E-state index in [0.717, 1.165) is 25.9 Å². The van der Waals surface area contributed by atoms with Crippen molar-refractivity contribution in [3.8, 4) is 0 Å². The number of unbranched alkanes of at least 4 members (excludes halogenated alkanes) is 6. The van der Waals surface area contributed by atoms with Crippen molar-refractivity contribution >= 4 is 0 Å². The van der Waals surface area contributed by atoms with E-state index in [9.17, 15) is 0 Å². The highest BCUT2D eigenvalue weighted by atomic mass is 16.7. The van der Waals surface area contributed by atoms with Crippen molar-refractivity contribution in [3.63, 3.8) is 0 Å². The summed E-state index contributed by atoms with van der Waals surface area (Å²) in [5.41, 5.74) is 0. The molecular formula is C16H32O3. The molecule has 0 amide bonds. The van der Waals surface area contributed by atoms with E-state index in [-0.39, 0.29) is 6.61 Å². The van der Waals surface area contributed by atoms with Gasteiger partial charge < -0.3 is 14.6 Å². The van der Waals surface area contributed by atoms with Crippen LogP contribution in [0.4, 0.5) is 0 Å². The van der Waals surface area contributed by atoms with Gasteiger partial charge in [-0.3, -0.25) is 0 Å². The molecule has 0 aliphatic carbocycles. The summed E-state index contributed by atoms with van der Waals surface area (Å²) >= 11 is 0. The molecule has 3 heteroatoms. The second-order valence-electron chi connectivity index (χ2n) is 4.83. The Kier molecular flexibility index (Phi) is 17.3. The minimum Gasteiger partial charge on any atom is -0.396 e. The average molecular weight is 272 g/mol. The first-order chi connectivity index (χ1) is 9.41. The van der Waals surface area contributed by atoms with Crippen LogP contribution in [-0.4, -0.2) is 31.7 Å². The third kappa shape index (κ3) is 17.6. The molecule has 0 saturated heterocycles. The number of hydrogen-bond donors (Lipinski definition) is 1. The minimum absolute atomic E-state index is 0.221. The molecule has 19 heavy (non-hydrogen) atoms. The molecule has 114 valence electrons. The highest BCUT2D eigenvalue weighted by Gasteiger charge is 1.92. The first-order valence-electron chi connectivity index (χ1n) is 7.83. The maximum absolute atomic E-state index is 8.57. The van der Waals surface area contributed by atoms with Gasteiger partial charge in [0.1, 0.15) is 6.79 Å². The monoisotopic (exact) mass is 272 g/mol. The summed E-state index contributed by atoms with van der Waals surface area (Å²) in [6.45, 7) is 4.38. The fourth-order valence-corrected chi connectivity index (χ4v) is 1.80. The van der Waals surface area contributed by atoms with Gasteiger partial charge in [0.25, 0.3) is 0 Å². The molecule has 0 aromatic rings. The molecule has 0 bridgehead atoms. The van der Waals surface area contributed by atoms with E-state index in [0.29, 0.717) is 13.4 Å². The van der Waals surface area contributed by atoms with Crippen molar-refractivity contribution in [2.45, 2.75) is 64.7 Å². The fourth-order valence-electron chi connectivity index (χ4n) is 1.80. The Labute approximate surface area is 119 Å². The van der Waals surface area contributed by atoms with Gasteiger partial charge in [-0.25, -0.2) is 0 Å². The first-order valence-corrected chi connectivity index (χ1v) is 7.83.